The highest BCUT2D eigenvalue weighted by molar-refractivity contribution is 5.85. The first kappa shape index (κ1) is 17.0. The number of benzene rings is 1. The van der Waals surface area contributed by atoms with Crippen molar-refractivity contribution >= 4 is 18.3 Å². The lowest BCUT2D eigenvalue weighted by molar-refractivity contribution is -0.123. The van der Waals surface area contributed by atoms with Crippen molar-refractivity contribution in [3.63, 3.8) is 0 Å². The fourth-order valence-electron chi connectivity index (χ4n) is 2.38. The minimum Gasteiger partial charge on any atom is -0.380 e. The van der Waals surface area contributed by atoms with Crippen LogP contribution in [0.5, 0.6) is 0 Å². The first-order valence-corrected chi connectivity index (χ1v) is 6.87. The van der Waals surface area contributed by atoms with Gasteiger partial charge in [0.2, 0.25) is 5.91 Å². The van der Waals surface area contributed by atoms with Gasteiger partial charge in [-0.25, -0.2) is 0 Å². The van der Waals surface area contributed by atoms with Gasteiger partial charge >= 0.3 is 0 Å². The van der Waals surface area contributed by atoms with Gasteiger partial charge in [-0.3, -0.25) is 4.79 Å². The maximum Gasteiger partial charge on any atom is 0.237 e. The molecule has 1 atom stereocenters. The quantitative estimate of drug-likeness (QED) is 0.874. The van der Waals surface area contributed by atoms with Gasteiger partial charge in [0, 0.05) is 13.7 Å². The standard InChI is InChI=1S/C15H22N2O2.ClH/c1-19-11-13-6-4-5-12(9-13)10-17-15(18)14-7-2-3-8-16-14;/h4-6,9,14,16H,2-3,7-8,10-11H2,1H3,(H,17,18);1H/t14-;/m1./s1. The van der Waals surface area contributed by atoms with Gasteiger partial charge in [-0.2, -0.15) is 0 Å². The van der Waals surface area contributed by atoms with Crippen molar-refractivity contribution in [3.05, 3.63) is 35.4 Å². The summed E-state index contributed by atoms with van der Waals surface area (Å²) >= 11 is 0. The van der Waals surface area contributed by atoms with Crippen LogP contribution in [0.25, 0.3) is 0 Å². The topological polar surface area (TPSA) is 50.4 Å². The van der Waals surface area contributed by atoms with E-state index in [0.29, 0.717) is 13.2 Å². The number of piperidine rings is 1. The van der Waals surface area contributed by atoms with Crippen molar-refractivity contribution in [2.45, 2.75) is 38.5 Å². The second-order valence-corrected chi connectivity index (χ2v) is 4.97. The molecule has 1 aliphatic rings. The number of hydrogen-bond acceptors (Lipinski definition) is 3. The first-order chi connectivity index (χ1) is 9.29. The van der Waals surface area contributed by atoms with Gasteiger partial charge in [0.1, 0.15) is 0 Å². The van der Waals surface area contributed by atoms with Crippen molar-refractivity contribution in [1.82, 2.24) is 10.6 Å². The number of ether oxygens (including phenoxy) is 1. The zero-order valence-electron chi connectivity index (χ0n) is 11.9. The third-order valence-electron chi connectivity index (χ3n) is 3.40. The maximum absolute atomic E-state index is 12.0. The van der Waals surface area contributed by atoms with Crippen LogP contribution in [-0.4, -0.2) is 25.6 Å². The Hall–Kier alpha value is -1.10. The summed E-state index contributed by atoms with van der Waals surface area (Å²) in [7, 11) is 1.68. The second-order valence-electron chi connectivity index (χ2n) is 4.97. The predicted molar refractivity (Wildman–Crippen MR) is 81.9 cm³/mol. The fourth-order valence-corrected chi connectivity index (χ4v) is 2.38. The Morgan fingerprint density at radius 1 is 1.40 bits per heavy atom. The van der Waals surface area contributed by atoms with Gasteiger partial charge < -0.3 is 15.4 Å². The molecule has 1 amide bonds. The Morgan fingerprint density at radius 2 is 2.20 bits per heavy atom. The van der Waals surface area contributed by atoms with Crippen molar-refractivity contribution in [1.29, 1.82) is 0 Å². The summed E-state index contributed by atoms with van der Waals surface area (Å²) < 4.78 is 5.11. The Bertz CT molecular complexity index is 420. The van der Waals surface area contributed by atoms with Gasteiger partial charge in [0.25, 0.3) is 0 Å². The van der Waals surface area contributed by atoms with Crippen LogP contribution in [0.3, 0.4) is 0 Å². The van der Waals surface area contributed by atoms with Crippen LogP contribution in [0.1, 0.15) is 30.4 Å². The number of carbonyl (C=O) groups is 1. The molecule has 2 N–H and O–H groups in total. The summed E-state index contributed by atoms with van der Waals surface area (Å²) in [6.07, 6.45) is 3.24. The molecule has 4 nitrogen and oxygen atoms in total. The average Bonchev–Trinajstić information content (AvgIpc) is 2.46. The zero-order chi connectivity index (χ0) is 13.5. The largest absolute Gasteiger partial charge is 0.380 e. The molecule has 0 unspecified atom stereocenters. The molecule has 0 radical (unpaired) electrons. The summed E-state index contributed by atoms with van der Waals surface area (Å²) in [5, 5.41) is 6.25. The lowest BCUT2D eigenvalue weighted by Crippen LogP contribution is -2.46. The molecule has 1 fully saturated rings. The van der Waals surface area contributed by atoms with Crippen LogP contribution in [-0.2, 0) is 22.7 Å². The molecule has 112 valence electrons. The molecule has 1 saturated heterocycles. The fraction of sp³-hybridized carbons (Fsp3) is 0.533. The monoisotopic (exact) mass is 298 g/mol. The molecule has 0 saturated carbocycles. The van der Waals surface area contributed by atoms with Crippen LogP contribution in [0.15, 0.2) is 24.3 Å². The molecular formula is C15H23ClN2O2. The van der Waals surface area contributed by atoms with E-state index >= 15 is 0 Å². The van der Waals surface area contributed by atoms with Crippen LogP contribution in [0.4, 0.5) is 0 Å². The number of rotatable bonds is 5. The Morgan fingerprint density at radius 3 is 2.90 bits per heavy atom. The first-order valence-electron chi connectivity index (χ1n) is 6.87. The number of hydrogen-bond donors (Lipinski definition) is 2. The average molecular weight is 299 g/mol. The van der Waals surface area contributed by atoms with E-state index in [4.69, 9.17) is 4.74 Å². The summed E-state index contributed by atoms with van der Waals surface area (Å²) in [5.74, 6) is 0.108. The van der Waals surface area contributed by atoms with Gasteiger partial charge in [-0.15, -0.1) is 12.4 Å². The Kier molecular flexibility index (Phi) is 7.59. The molecule has 5 heteroatoms. The summed E-state index contributed by atoms with van der Waals surface area (Å²) in [5.41, 5.74) is 2.24. The lowest BCUT2D eigenvalue weighted by atomic mass is 10.0. The minimum atomic E-state index is -0.0177. The smallest absolute Gasteiger partial charge is 0.237 e. The molecule has 0 aliphatic carbocycles. The number of nitrogens with one attached hydrogen (secondary N) is 2. The molecule has 2 rings (SSSR count). The van der Waals surface area contributed by atoms with Crippen LogP contribution in [0.2, 0.25) is 0 Å². The van der Waals surface area contributed by atoms with Crippen LogP contribution in [0, 0.1) is 0 Å². The van der Waals surface area contributed by atoms with E-state index in [9.17, 15) is 4.79 Å². The van der Waals surface area contributed by atoms with Crippen molar-refractivity contribution in [2.75, 3.05) is 13.7 Å². The highest BCUT2D eigenvalue weighted by Gasteiger charge is 2.19. The summed E-state index contributed by atoms with van der Waals surface area (Å²) in [4.78, 5) is 12.0. The van der Waals surface area contributed by atoms with Gasteiger partial charge in [-0.05, 0) is 30.5 Å². The molecular weight excluding hydrogens is 276 g/mol. The van der Waals surface area contributed by atoms with Crippen LogP contribution < -0.4 is 10.6 Å². The van der Waals surface area contributed by atoms with Crippen LogP contribution >= 0.6 is 12.4 Å². The summed E-state index contributed by atoms with van der Waals surface area (Å²) in [6.45, 7) is 2.13. The molecule has 20 heavy (non-hydrogen) atoms. The Balaban J connectivity index is 0.00000200. The van der Waals surface area contributed by atoms with Crippen molar-refractivity contribution in [3.8, 4) is 0 Å². The second kappa shape index (κ2) is 8.95. The van der Waals surface area contributed by atoms with Gasteiger partial charge in [-0.1, -0.05) is 30.7 Å². The third-order valence-corrected chi connectivity index (χ3v) is 3.40. The number of amides is 1. The molecule has 0 spiro atoms. The van der Waals surface area contributed by atoms with E-state index in [1.807, 2.05) is 18.2 Å². The SMILES string of the molecule is COCc1cccc(CNC(=O)[C@H]2CCCCN2)c1.Cl. The number of methoxy groups -OCH3 is 1. The van der Waals surface area contributed by atoms with E-state index in [1.165, 1.54) is 6.42 Å². The summed E-state index contributed by atoms with van der Waals surface area (Å²) in [6, 6.07) is 8.09. The molecule has 0 bridgehead atoms. The Labute approximate surface area is 126 Å². The van der Waals surface area contributed by atoms with E-state index in [0.717, 1.165) is 30.5 Å². The third kappa shape index (κ3) is 5.12. The highest BCUT2D eigenvalue weighted by Crippen LogP contribution is 2.09. The maximum atomic E-state index is 12.0. The van der Waals surface area contributed by atoms with E-state index in [2.05, 4.69) is 16.7 Å². The highest BCUT2D eigenvalue weighted by atomic mass is 35.5. The van der Waals surface area contributed by atoms with Crippen molar-refractivity contribution in [2.24, 2.45) is 0 Å². The number of carbonyl (C=O) groups excluding carboxylic acids is 1. The molecule has 1 aliphatic heterocycles. The van der Waals surface area contributed by atoms with E-state index in [-0.39, 0.29) is 24.4 Å². The lowest BCUT2D eigenvalue weighted by Gasteiger charge is -2.22. The number of halogens is 1. The van der Waals surface area contributed by atoms with E-state index < -0.39 is 0 Å². The van der Waals surface area contributed by atoms with E-state index in [1.54, 1.807) is 7.11 Å². The van der Waals surface area contributed by atoms with Crippen molar-refractivity contribution < 1.29 is 9.53 Å². The molecule has 1 heterocycles. The molecule has 1 aromatic carbocycles. The van der Waals surface area contributed by atoms with Gasteiger partial charge in [0.05, 0.1) is 12.6 Å². The van der Waals surface area contributed by atoms with Gasteiger partial charge in [0.15, 0.2) is 0 Å². The normalized spacial score (nSPS) is 18.1. The minimum absolute atomic E-state index is 0. The zero-order valence-corrected chi connectivity index (χ0v) is 12.7. The predicted octanol–water partition coefficient (Wildman–Crippen LogP) is 2.01. The molecule has 0 aromatic heterocycles. The molecule has 1 aromatic rings.